The second kappa shape index (κ2) is 7.27. The lowest BCUT2D eigenvalue weighted by Crippen LogP contribution is -2.41. The van der Waals surface area contributed by atoms with Gasteiger partial charge in [0.25, 0.3) is 0 Å². The van der Waals surface area contributed by atoms with Gasteiger partial charge < -0.3 is 5.32 Å². The maximum absolute atomic E-state index is 12.7. The zero-order valence-corrected chi connectivity index (χ0v) is 12.4. The van der Waals surface area contributed by atoms with E-state index >= 15 is 0 Å². The van der Waals surface area contributed by atoms with Crippen molar-refractivity contribution in [3.05, 3.63) is 35.9 Å². The first-order valence-corrected chi connectivity index (χ1v) is 7.58. The molecule has 1 fully saturated rings. The van der Waals surface area contributed by atoms with Crippen LogP contribution in [0.1, 0.15) is 37.8 Å². The van der Waals surface area contributed by atoms with Crippen LogP contribution in [-0.2, 0) is 0 Å². The Morgan fingerprint density at radius 3 is 2.43 bits per heavy atom. The van der Waals surface area contributed by atoms with E-state index in [-0.39, 0.29) is 12.1 Å². The van der Waals surface area contributed by atoms with E-state index in [9.17, 15) is 13.2 Å². The molecule has 0 aromatic heterocycles. The molecule has 0 aliphatic heterocycles. The van der Waals surface area contributed by atoms with Crippen molar-refractivity contribution in [1.29, 1.82) is 0 Å². The van der Waals surface area contributed by atoms with Crippen LogP contribution in [0.2, 0.25) is 0 Å². The van der Waals surface area contributed by atoms with Crippen LogP contribution >= 0.6 is 0 Å². The van der Waals surface area contributed by atoms with Crippen molar-refractivity contribution in [2.24, 2.45) is 0 Å². The van der Waals surface area contributed by atoms with Gasteiger partial charge in [-0.05, 0) is 31.4 Å². The largest absolute Gasteiger partial charge is 0.401 e. The molecule has 5 heteroatoms. The highest BCUT2D eigenvalue weighted by molar-refractivity contribution is 5.19. The Labute approximate surface area is 124 Å². The molecule has 0 amide bonds. The molecule has 1 saturated carbocycles. The minimum Gasteiger partial charge on any atom is -0.309 e. The number of hydrogen-bond acceptors (Lipinski definition) is 2. The number of halogens is 3. The summed E-state index contributed by atoms with van der Waals surface area (Å²) in [6.45, 7) is 2.47. The molecule has 0 spiro atoms. The number of alkyl halides is 3. The molecule has 1 aliphatic carbocycles. The summed E-state index contributed by atoms with van der Waals surface area (Å²) in [6.07, 6.45) is -1.41. The molecular weight excluding hydrogens is 277 g/mol. The molecule has 1 unspecified atom stereocenters. The molecule has 0 heterocycles. The van der Waals surface area contributed by atoms with Crippen LogP contribution < -0.4 is 5.32 Å². The van der Waals surface area contributed by atoms with Gasteiger partial charge in [0.05, 0.1) is 6.54 Å². The van der Waals surface area contributed by atoms with Gasteiger partial charge in [0.15, 0.2) is 0 Å². The summed E-state index contributed by atoms with van der Waals surface area (Å²) in [5.74, 6) is 0. The summed E-state index contributed by atoms with van der Waals surface area (Å²) in [4.78, 5) is 1.58. The number of nitrogens with zero attached hydrogens (tertiary/aromatic N) is 1. The summed E-state index contributed by atoms with van der Waals surface area (Å²) in [5, 5.41) is 3.38. The van der Waals surface area contributed by atoms with Gasteiger partial charge in [-0.15, -0.1) is 0 Å². The third kappa shape index (κ3) is 5.67. The van der Waals surface area contributed by atoms with Crippen molar-refractivity contribution >= 4 is 0 Å². The van der Waals surface area contributed by atoms with Crippen LogP contribution in [0, 0.1) is 0 Å². The van der Waals surface area contributed by atoms with Gasteiger partial charge >= 0.3 is 6.18 Å². The summed E-state index contributed by atoms with van der Waals surface area (Å²) in [7, 11) is 0. The number of nitrogens with one attached hydrogen (secondary N) is 1. The monoisotopic (exact) mass is 300 g/mol. The molecule has 2 nitrogen and oxygen atoms in total. The van der Waals surface area contributed by atoms with Crippen LogP contribution in [0.4, 0.5) is 13.2 Å². The molecule has 118 valence electrons. The fourth-order valence-corrected chi connectivity index (χ4v) is 2.54. The van der Waals surface area contributed by atoms with Crippen molar-refractivity contribution in [3.63, 3.8) is 0 Å². The van der Waals surface area contributed by atoms with Crippen molar-refractivity contribution in [3.8, 4) is 0 Å². The maximum Gasteiger partial charge on any atom is 0.401 e. The molecule has 1 aromatic rings. The van der Waals surface area contributed by atoms with Crippen LogP contribution in [0.5, 0.6) is 0 Å². The van der Waals surface area contributed by atoms with Gasteiger partial charge in [-0.1, -0.05) is 37.3 Å². The lowest BCUT2D eigenvalue weighted by molar-refractivity contribution is -0.147. The van der Waals surface area contributed by atoms with Gasteiger partial charge in [0.2, 0.25) is 0 Å². The second-order valence-electron chi connectivity index (χ2n) is 5.69. The molecule has 1 aromatic carbocycles. The Bertz CT molecular complexity index is 415. The number of benzene rings is 1. The minimum atomic E-state index is -4.13. The first-order chi connectivity index (χ1) is 9.99. The predicted molar refractivity (Wildman–Crippen MR) is 78.1 cm³/mol. The van der Waals surface area contributed by atoms with Crippen molar-refractivity contribution in [1.82, 2.24) is 10.2 Å². The average Bonchev–Trinajstić information content (AvgIpc) is 3.26. The quantitative estimate of drug-likeness (QED) is 0.786. The number of hydrogen-bond donors (Lipinski definition) is 1. The van der Waals surface area contributed by atoms with Gasteiger partial charge in [0.1, 0.15) is 0 Å². The van der Waals surface area contributed by atoms with E-state index in [1.54, 1.807) is 4.90 Å². The van der Waals surface area contributed by atoms with Crippen LogP contribution in [0.15, 0.2) is 30.3 Å². The fourth-order valence-electron chi connectivity index (χ4n) is 2.54. The first-order valence-electron chi connectivity index (χ1n) is 7.58. The molecule has 21 heavy (non-hydrogen) atoms. The number of rotatable bonds is 8. The van der Waals surface area contributed by atoms with E-state index in [2.05, 4.69) is 12.2 Å². The zero-order valence-electron chi connectivity index (χ0n) is 12.4. The molecular formula is C16H23F3N2. The third-order valence-corrected chi connectivity index (χ3v) is 3.71. The Hall–Kier alpha value is -1.07. The topological polar surface area (TPSA) is 15.3 Å². The zero-order chi connectivity index (χ0) is 15.3. The average molecular weight is 300 g/mol. The predicted octanol–water partition coefficient (Wildman–Crippen LogP) is 3.75. The molecule has 1 aliphatic rings. The first kappa shape index (κ1) is 16.3. The van der Waals surface area contributed by atoms with Crippen molar-refractivity contribution in [2.75, 3.05) is 19.6 Å². The summed E-state index contributed by atoms with van der Waals surface area (Å²) in [6, 6.07) is 9.80. The molecule has 0 bridgehead atoms. The van der Waals surface area contributed by atoms with Crippen molar-refractivity contribution < 1.29 is 13.2 Å². The van der Waals surface area contributed by atoms with E-state index in [0.717, 1.165) is 31.4 Å². The SMILES string of the molecule is CCCNC(CN(CC(F)(F)F)C1CC1)c1ccccc1. The highest BCUT2D eigenvalue weighted by Gasteiger charge is 2.38. The Morgan fingerprint density at radius 1 is 1.24 bits per heavy atom. The van der Waals surface area contributed by atoms with Crippen LogP contribution in [0.3, 0.4) is 0 Å². The fraction of sp³-hybridized carbons (Fsp3) is 0.625. The molecule has 1 atom stereocenters. The second-order valence-corrected chi connectivity index (χ2v) is 5.69. The Morgan fingerprint density at radius 2 is 1.90 bits per heavy atom. The lowest BCUT2D eigenvalue weighted by atomic mass is 10.1. The Balaban J connectivity index is 2.05. The van der Waals surface area contributed by atoms with E-state index in [0.29, 0.717) is 6.54 Å². The molecule has 2 rings (SSSR count). The standard InChI is InChI=1S/C16H23F3N2/c1-2-10-20-15(13-6-4-3-5-7-13)11-21(14-8-9-14)12-16(17,18)19/h3-7,14-15,20H,2,8-12H2,1H3. The van der Waals surface area contributed by atoms with Gasteiger partial charge in [-0.2, -0.15) is 13.2 Å². The molecule has 1 N–H and O–H groups in total. The summed E-state index contributed by atoms with van der Waals surface area (Å²) < 4.78 is 38.2. The van der Waals surface area contributed by atoms with Gasteiger partial charge in [-0.25, -0.2) is 0 Å². The molecule has 0 saturated heterocycles. The highest BCUT2D eigenvalue weighted by Crippen LogP contribution is 2.31. The van der Waals surface area contributed by atoms with Crippen molar-refractivity contribution in [2.45, 2.75) is 44.4 Å². The minimum absolute atomic E-state index is 0.0471. The van der Waals surface area contributed by atoms with Crippen LogP contribution in [0.25, 0.3) is 0 Å². The van der Waals surface area contributed by atoms with E-state index in [4.69, 9.17) is 0 Å². The lowest BCUT2D eigenvalue weighted by Gasteiger charge is -2.29. The third-order valence-electron chi connectivity index (χ3n) is 3.71. The summed E-state index contributed by atoms with van der Waals surface area (Å²) in [5.41, 5.74) is 1.05. The normalized spacial score (nSPS) is 17.2. The maximum atomic E-state index is 12.7. The Kier molecular flexibility index (Phi) is 5.65. The smallest absolute Gasteiger partial charge is 0.309 e. The van der Waals surface area contributed by atoms with E-state index in [1.165, 1.54) is 0 Å². The van der Waals surface area contributed by atoms with Gasteiger partial charge in [-0.3, -0.25) is 4.90 Å². The molecule has 0 radical (unpaired) electrons. The van der Waals surface area contributed by atoms with Gasteiger partial charge in [0, 0.05) is 18.6 Å². The summed E-state index contributed by atoms with van der Waals surface area (Å²) >= 11 is 0. The van der Waals surface area contributed by atoms with Crippen LogP contribution in [-0.4, -0.2) is 36.8 Å². The van der Waals surface area contributed by atoms with E-state index in [1.807, 2.05) is 30.3 Å². The highest BCUT2D eigenvalue weighted by atomic mass is 19.4. The van der Waals surface area contributed by atoms with E-state index < -0.39 is 12.7 Å².